The monoisotopic (exact) mass is 259 g/mol. The minimum Gasteiger partial charge on any atom is -0.348 e. The summed E-state index contributed by atoms with van der Waals surface area (Å²) in [6, 6.07) is -4.61. The normalized spacial score (nSPS) is 25.8. The summed E-state index contributed by atoms with van der Waals surface area (Å²) in [5.41, 5.74) is -0.550. The van der Waals surface area contributed by atoms with Crippen molar-refractivity contribution < 1.29 is 26.3 Å². The molecule has 1 aliphatic heterocycles. The van der Waals surface area contributed by atoms with Crippen molar-refractivity contribution in [2.45, 2.75) is 30.9 Å². The first-order valence-electron chi connectivity index (χ1n) is 4.61. The van der Waals surface area contributed by atoms with Crippen molar-refractivity contribution in [1.29, 1.82) is 0 Å². The van der Waals surface area contributed by atoms with Gasteiger partial charge in [0.25, 0.3) is 0 Å². The van der Waals surface area contributed by atoms with E-state index < -0.39 is 36.6 Å². The van der Waals surface area contributed by atoms with Crippen molar-refractivity contribution in [3.8, 4) is 0 Å². The Morgan fingerprint density at radius 2 is 1.76 bits per heavy atom. The molecule has 2 rings (SSSR count). The zero-order valence-corrected chi connectivity index (χ0v) is 8.15. The maximum absolute atomic E-state index is 12.6. The molecule has 0 amide bonds. The highest BCUT2D eigenvalue weighted by atomic mass is 19.4. The minimum absolute atomic E-state index is 0.131. The lowest BCUT2D eigenvalue weighted by Crippen LogP contribution is -2.52. The standard InChI is InChI=1S/C8H7F6N3/c9-7(10,11)4-1-3-5(16-2-15-3)6(17-4)8(12,13)14/h2,4,6,17H,1H2,(H,15,16)/t4-,6?/m0/s1. The number of rotatable bonds is 0. The van der Waals surface area contributed by atoms with Gasteiger partial charge >= 0.3 is 12.4 Å². The molecular weight excluding hydrogens is 252 g/mol. The van der Waals surface area contributed by atoms with Gasteiger partial charge in [-0.15, -0.1) is 0 Å². The maximum atomic E-state index is 12.6. The summed E-state index contributed by atoms with van der Waals surface area (Å²) in [4.78, 5) is 5.73. The Labute approximate surface area is 91.2 Å². The van der Waals surface area contributed by atoms with Crippen LogP contribution >= 0.6 is 0 Å². The molecule has 0 saturated carbocycles. The Balaban J connectivity index is 2.36. The number of nitrogens with one attached hydrogen (secondary N) is 2. The van der Waals surface area contributed by atoms with E-state index in [1.54, 1.807) is 5.32 Å². The minimum atomic E-state index is -4.81. The molecule has 0 aromatic carbocycles. The third-order valence-corrected chi connectivity index (χ3v) is 2.52. The fraction of sp³-hybridized carbons (Fsp3) is 0.625. The maximum Gasteiger partial charge on any atom is 0.409 e. The highest BCUT2D eigenvalue weighted by molar-refractivity contribution is 5.23. The number of aromatic amines is 1. The van der Waals surface area contributed by atoms with E-state index in [-0.39, 0.29) is 5.69 Å². The first-order valence-corrected chi connectivity index (χ1v) is 4.61. The molecule has 2 N–H and O–H groups in total. The van der Waals surface area contributed by atoms with Crippen molar-refractivity contribution in [1.82, 2.24) is 15.3 Å². The Kier molecular flexibility index (Phi) is 2.60. The molecule has 1 aromatic heterocycles. The lowest BCUT2D eigenvalue weighted by atomic mass is 9.98. The van der Waals surface area contributed by atoms with Crippen LogP contribution in [0.3, 0.4) is 0 Å². The van der Waals surface area contributed by atoms with Crippen LogP contribution in [-0.4, -0.2) is 28.4 Å². The Bertz CT molecular complexity index is 406. The molecule has 17 heavy (non-hydrogen) atoms. The van der Waals surface area contributed by atoms with E-state index in [4.69, 9.17) is 0 Å². The first-order chi connectivity index (χ1) is 7.69. The molecule has 2 atom stereocenters. The van der Waals surface area contributed by atoms with Gasteiger partial charge in [0.1, 0.15) is 12.1 Å². The number of hydrogen-bond donors (Lipinski definition) is 2. The van der Waals surface area contributed by atoms with Crippen LogP contribution in [0.1, 0.15) is 17.4 Å². The quantitative estimate of drug-likeness (QED) is 0.700. The second-order valence-electron chi connectivity index (χ2n) is 3.71. The Morgan fingerprint density at radius 1 is 1.12 bits per heavy atom. The summed E-state index contributed by atoms with van der Waals surface area (Å²) in [6.07, 6.45) is -9.16. The first kappa shape index (κ1) is 12.2. The number of alkyl halides is 6. The fourth-order valence-corrected chi connectivity index (χ4v) is 1.75. The van der Waals surface area contributed by atoms with Crippen molar-refractivity contribution in [2.24, 2.45) is 0 Å². The number of imidazole rings is 1. The molecule has 0 spiro atoms. The molecule has 0 aliphatic carbocycles. The van der Waals surface area contributed by atoms with Crippen LogP contribution in [0.2, 0.25) is 0 Å². The van der Waals surface area contributed by atoms with Crippen LogP contribution in [0.5, 0.6) is 0 Å². The lowest BCUT2D eigenvalue weighted by molar-refractivity contribution is -0.192. The van der Waals surface area contributed by atoms with Gasteiger partial charge in [-0.2, -0.15) is 26.3 Å². The lowest BCUT2D eigenvalue weighted by Gasteiger charge is -2.32. The number of fused-ring (bicyclic) bond motifs is 1. The molecule has 9 heteroatoms. The molecule has 1 unspecified atom stereocenters. The number of aromatic nitrogens is 2. The fourth-order valence-electron chi connectivity index (χ4n) is 1.75. The highest BCUT2D eigenvalue weighted by Crippen LogP contribution is 2.39. The molecule has 0 radical (unpaired) electrons. The van der Waals surface area contributed by atoms with Gasteiger partial charge in [0.15, 0.2) is 0 Å². The zero-order chi connectivity index (χ0) is 12.8. The van der Waals surface area contributed by atoms with Crippen LogP contribution in [0.25, 0.3) is 0 Å². The van der Waals surface area contributed by atoms with E-state index in [1.165, 1.54) is 0 Å². The van der Waals surface area contributed by atoms with Gasteiger partial charge in [-0.3, -0.25) is 5.32 Å². The molecule has 1 aliphatic rings. The summed E-state index contributed by atoms with van der Waals surface area (Å²) in [6.45, 7) is 0. The second-order valence-corrected chi connectivity index (χ2v) is 3.71. The molecule has 0 bridgehead atoms. The topological polar surface area (TPSA) is 40.7 Å². The van der Waals surface area contributed by atoms with E-state index >= 15 is 0 Å². The van der Waals surface area contributed by atoms with Gasteiger partial charge in [-0.25, -0.2) is 4.98 Å². The zero-order valence-electron chi connectivity index (χ0n) is 8.15. The third-order valence-electron chi connectivity index (χ3n) is 2.52. The van der Waals surface area contributed by atoms with E-state index in [0.29, 0.717) is 0 Å². The van der Waals surface area contributed by atoms with Gasteiger partial charge in [-0.05, 0) is 0 Å². The SMILES string of the molecule is FC(F)(F)C1N[C@H](C(F)(F)F)Cc2[nH]cnc21. The van der Waals surface area contributed by atoms with Crippen LogP contribution in [0.4, 0.5) is 26.3 Å². The summed E-state index contributed by atoms with van der Waals surface area (Å²) in [5.74, 6) is 0. The number of hydrogen-bond acceptors (Lipinski definition) is 2. The van der Waals surface area contributed by atoms with Gasteiger partial charge in [0.05, 0.1) is 12.0 Å². The van der Waals surface area contributed by atoms with Gasteiger partial charge in [0, 0.05) is 12.1 Å². The average Bonchev–Trinajstić information content (AvgIpc) is 2.59. The molecular formula is C8H7F6N3. The molecule has 0 saturated heterocycles. The number of halogens is 6. The largest absolute Gasteiger partial charge is 0.409 e. The van der Waals surface area contributed by atoms with Gasteiger partial charge in [-0.1, -0.05) is 0 Å². The van der Waals surface area contributed by atoms with Crippen LogP contribution in [-0.2, 0) is 6.42 Å². The van der Waals surface area contributed by atoms with Crippen molar-refractivity contribution in [2.75, 3.05) is 0 Å². The smallest absolute Gasteiger partial charge is 0.348 e. The summed E-state index contributed by atoms with van der Waals surface area (Å²) in [5, 5.41) is 1.54. The molecule has 3 nitrogen and oxygen atoms in total. The average molecular weight is 259 g/mol. The molecule has 0 fully saturated rings. The predicted octanol–water partition coefficient (Wildman–Crippen LogP) is 2.09. The molecule has 96 valence electrons. The predicted molar refractivity (Wildman–Crippen MR) is 44.1 cm³/mol. The van der Waals surface area contributed by atoms with Crippen molar-refractivity contribution >= 4 is 0 Å². The molecule has 2 heterocycles. The Hall–Kier alpha value is -1.25. The van der Waals surface area contributed by atoms with Gasteiger partial charge < -0.3 is 4.98 Å². The van der Waals surface area contributed by atoms with Crippen molar-refractivity contribution in [3.05, 3.63) is 17.7 Å². The second kappa shape index (κ2) is 3.62. The van der Waals surface area contributed by atoms with E-state index in [2.05, 4.69) is 9.97 Å². The summed E-state index contributed by atoms with van der Waals surface area (Å²) < 4.78 is 75.0. The number of nitrogens with zero attached hydrogens (tertiary/aromatic N) is 1. The molecule has 1 aromatic rings. The summed E-state index contributed by atoms with van der Waals surface area (Å²) >= 11 is 0. The third kappa shape index (κ3) is 2.24. The van der Waals surface area contributed by atoms with E-state index in [0.717, 1.165) is 6.33 Å². The van der Waals surface area contributed by atoms with Crippen molar-refractivity contribution in [3.63, 3.8) is 0 Å². The van der Waals surface area contributed by atoms with Crippen LogP contribution < -0.4 is 5.32 Å². The van der Waals surface area contributed by atoms with Crippen LogP contribution in [0.15, 0.2) is 6.33 Å². The highest BCUT2D eigenvalue weighted by Gasteiger charge is 2.52. The van der Waals surface area contributed by atoms with E-state index in [1.807, 2.05) is 0 Å². The number of H-pyrrole nitrogens is 1. The Morgan fingerprint density at radius 3 is 2.29 bits per heavy atom. The summed E-state index contributed by atoms with van der Waals surface area (Å²) in [7, 11) is 0. The van der Waals surface area contributed by atoms with Gasteiger partial charge in [0.2, 0.25) is 0 Å². The van der Waals surface area contributed by atoms with E-state index in [9.17, 15) is 26.3 Å². The van der Waals surface area contributed by atoms with Crippen LogP contribution in [0, 0.1) is 0 Å².